The first-order chi connectivity index (χ1) is 8.15. The average Bonchev–Trinajstić information content (AvgIpc) is 2.58. The summed E-state index contributed by atoms with van der Waals surface area (Å²) in [5.74, 6) is 0.865. The summed E-state index contributed by atoms with van der Waals surface area (Å²) in [7, 11) is 0. The second-order valence-corrected chi connectivity index (χ2v) is 4.71. The maximum atomic E-state index is 5.61. The van der Waals surface area contributed by atoms with Gasteiger partial charge >= 0.3 is 0 Å². The predicted octanol–water partition coefficient (Wildman–Crippen LogP) is 2.15. The summed E-state index contributed by atoms with van der Waals surface area (Å²) in [5.41, 5.74) is 8.75. The van der Waals surface area contributed by atoms with Crippen LogP contribution in [0.3, 0.4) is 0 Å². The molecule has 5 heteroatoms. The molecule has 17 heavy (non-hydrogen) atoms. The number of nitrogens with zero attached hydrogens (tertiary/aromatic N) is 3. The van der Waals surface area contributed by atoms with Crippen LogP contribution < -0.4 is 5.73 Å². The van der Waals surface area contributed by atoms with Gasteiger partial charge in [0.2, 0.25) is 0 Å². The Kier molecular flexibility index (Phi) is 3.59. The molecule has 0 radical (unpaired) electrons. The molecule has 0 saturated heterocycles. The molecule has 0 saturated carbocycles. The fourth-order valence-corrected chi connectivity index (χ4v) is 2.05. The largest absolute Gasteiger partial charge is 0.330 e. The SMILES string of the molecule is Cc1nn(-c2ncccc2CCN)c(C)c1Br. The van der Waals surface area contributed by atoms with Crippen molar-refractivity contribution in [2.75, 3.05) is 6.54 Å². The molecule has 90 valence electrons. The lowest BCUT2D eigenvalue weighted by Gasteiger charge is -2.08. The molecule has 2 rings (SSSR count). The van der Waals surface area contributed by atoms with Crippen molar-refractivity contribution in [3.8, 4) is 5.82 Å². The van der Waals surface area contributed by atoms with Crippen molar-refractivity contribution < 1.29 is 0 Å². The van der Waals surface area contributed by atoms with E-state index in [0.29, 0.717) is 6.54 Å². The van der Waals surface area contributed by atoms with E-state index in [2.05, 4.69) is 26.0 Å². The molecule has 0 aliphatic rings. The maximum absolute atomic E-state index is 5.61. The minimum atomic E-state index is 0.610. The Hall–Kier alpha value is -1.20. The predicted molar refractivity (Wildman–Crippen MR) is 71.3 cm³/mol. The molecule has 0 fully saturated rings. The molecule has 4 nitrogen and oxygen atoms in total. The van der Waals surface area contributed by atoms with E-state index >= 15 is 0 Å². The molecule has 0 unspecified atom stereocenters. The number of aryl methyl sites for hydroxylation is 1. The van der Waals surface area contributed by atoms with Crippen LogP contribution in [0.25, 0.3) is 5.82 Å². The van der Waals surface area contributed by atoms with Crippen molar-refractivity contribution in [3.05, 3.63) is 39.8 Å². The maximum Gasteiger partial charge on any atom is 0.156 e. The van der Waals surface area contributed by atoms with Gasteiger partial charge in [-0.05, 0) is 54.4 Å². The van der Waals surface area contributed by atoms with Crippen LogP contribution in [0.1, 0.15) is 17.0 Å². The van der Waals surface area contributed by atoms with Gasteiger partial charge in [0.1, 0.15) is 0 Å². The molecule has 0 amide bonds. The molecule has 0 aliphatic carbocycles. The van der Waals surface area contributed by atoms with Crippen molar-refractivity contribution in [3.63, 3.8) is 0 Å². The summed E-state index contributed by atoms with van der Waals surface area (Å²) in [6, 6.07) is 3.97. The summed E-state index contributed by atoms with van der Waals surface area (Å²) in [4.78, 5) is 4.41. The van der Waals surface area contributed by atoms with Crippen LogP contribution in [0.5, 0.6) is 0 Å². The highest BCUT2D eigenvalue weighted by Crippen LogP contribution is 2.23. The third kappa shape index (κ3) is 2.25. The van der Waals surface area contributed by atoms with E-state index in [9.17, 15) is 0 Å². The normalized spacial score (nSPS) is 10.8. The summed E-state index contributed by atoms with van der Waals surface area (Å²) in [6.45, 7) is 4.60. The monoisotopic (exact) mass is 294 g/mol. The molecule has 2 heterocycles. The molecule has 2 aromatic heterocycles. The van der Waals surface area contributed by atoms with Gasteiger partial charge in [-0.3, -0.25) is 0 Å². The van der Waals surface area contributed by atoms with Gasteiger partial charge in [0, 0.05) is 6.20 Å². The second kappa shape index (κ2) is 4.98. The second-order valence-electron chi connectivity index (χ2n) is 3.92. The van der Waals surface area contributed by atoms with Crippen molar-refractivity contribution >= 4 is 15.9 Å². The quantitative estimate of drug-likeness (QED) is 0.944. The van der Waals surface area contributed by atoms with Crippen LogP contribution in [0, 0.1) is 13.8 Å². The topological polar surface area (TPSA) is 56.7 Å². The molecule has 2 N–H and O–H groups in total. The number of halogens is 1. The Labute approximate surface area is 109 Å². The summed E-state index contributed by atoms with van der Waals surface area (Å²) < 4.78 is 2.89. The minimum Gasteiger partial charge on any atom is -0.330 e. The van der Waals surface area contributed by atoms with E-state index in [1.54, 1.807) is 6.20 Å². The fraction of sp³-hybridized carbons (Fsp3) is 0.333. The molecular formula is C12H15BrN4. The number of pyridine rings is 1. The third-order valence-electron chi connectivity index (χ3n) is 2.68. The highest BCUT2D eigenvalue weighted by molar-refractivity contribution is 9.10. The Balaban J connectivity index is 2.56. The number of aromatic nitrogens is 3. The number of hydrogen-bond donors (Lipinski definition) is 1. The molecular weight excluding hydrogens is 280 g/mol. The van der Waals surface area contributed by atoms with E-state index < -0.39 is 0 Å². The highest BCUT2D eigenvalue weighted by atomic mass is 79.9. The van der Waals surface area contributed by atoms with Gasteiger partial charge in [0.15, 0.2) is 5.82 Å². The molecule has 0 spiro atoms. The van der Waals surface area contributed by atoms with Gasteiger partial charge in [0.05, 0.1) is 15.9 Å². The van der Waals surface area contributed by atoms with Crippen molar-refractivity contribution in [1.82, 2.24) is 14.8 Å². The Bertz CT molecular complexity index is 533. The molecule has 0 atom stereocenters. The van der Waals surface area contributed by atoms with Crippen LogP contribution in [-0.4, -0.2) is 21.3 Å². The fourth-order valence-electron chi connectivity index (χ4n) is 1.80. The van der Waals surface area contributed by atoms with Crippen molar-refractivity contribution in [2.45, 2.75) is 20.3 Å². The summed E-state index contributed by atoms with van der Waals surface area (Å²) in [6.07, 6.45) is 2.58. The Morgan fingerprint density at radius 2 is 2.18 bits per heavy atom. The van der Waals surface area contributed by atoms with Crippen LogP contribution in [0.2, 0.25) is 0 Å². The van der Waals surface area contributed by atoms with Crippen molar-refractivity contribution in [2.24, 2.45) is 5.73 Å². The summed E-state index contributed by atoms with van der Waals surface area (Å²) >= 11 is 3.52. The molecule has 0 bridgehead atoms. The number of nitrogens with two attached hydrogens (primary N) is 1. The van der Waals surface area contributed by atoms with E-state index in [0.717, 1.165) is 33.7 Å². The number of rotatable bonds is 3. The van der Waals surface area contributed by atoms with E-state index in [4.69, 9.17) is 5.73 Å². The van der Waals surface area contributed by atoms with Gasteiger partial charge in [-0.25, -0.2) is 9.67 Å². The van der Waals surface area contributed by atoms with Crippen LogP contribution in [0.4, 0.5) is 0 Å². The lowest BCUT2D eigenvalue weighted by atomic mass is 10.2. The van der Waals surface area contributed by atoms with E-state index in [1.165, 1.54) is 0 Å². The Morgan fingerprint density at radius 1 is 1.41 bits per heavy atom. The van der Waals surface area contributed by atoms with Gasteiger partial charge in [0.25, 0.3) is 0 Å². The third-order valence-corrected chi connectivity index (χ3v) is 3.83. The average molecular weight is 295 g/mol. The zero-order chi connectivity index (χ0) is 12.4. The lowest BCUT2D eigenvalue weighted by molar-refractivity contribution is 0.785. The zero-order valence-corrected chi connectivity index (χ0v) is 11.5. The molecule has 2 aromatic rings. The van der Waals surface area contributed by atoms with E-state index in [-0.39, 0.29) is 0 Å². The molecule has 0 aromatic carbocycles. The van der Waals surface area contributed by atoms with Gasteiger partial charge in [-0.1, -0.05) is 6.07 Å². The van der Waals surface area contributed by atoms with Crippen LogP contribution >= 0.6 is 15.9 Å². The smallest absolute Gasteiger partial charge is 0.156 e. The van der Waals surface area contributed by atoms with Gasteiger partial charge in [-0.15, -0.1) is 0 Å². The van der Waals surface area contributed by atoms with Crippen molar-refractivity contribution in [1.29, 1.82) is 0 Å². The van der Waals surface area contributed by atoms with Gasteiger partial charge < -0.3 is 5.73 Å². The minimum absolute atomic E-state index is 0.610. The van der Waals surface area contributed by atoms with E-state index in [1.807, 2.05) is 30.7 Å². The first kappa shape index (κ1) is 12.3. The van der Waals surface area contributed by atoms with Gasteiger partial charge in [-0.2, -0.15) is 5.10 Å². The summed E-state index contributed by atoms with van der Waals surface area (Å²) in [5, 5.41) is 4.49. The molecule has 0 aliphatic heterocycles. The number of hydrogen-bond acceptors (Lipinski definition) is 3. The Morgan fingerprint density at radius 3 is 2.76 bits per heavy atom. The van der Waals surface area contributed by atoms with Crippen LogP contribution in [-0.2, 0) is 6.42 Å². The standard InChI is InChI=1S/C12H15BrN4/c1-8-11(13)9(2)17(16-8)12-10(5-6-14)4-3-7-15-12/h3-4,7H,5-6,14H2,1-2H3. The van der Waals surface area contributed by atoms with Crippen LogP contribution in [0.15, 0.2) is 22.8 Å². The highest BCUT2D eigenvalue weighted by Gasteiger charge is 2.13. The lowest BCUT2D eigenvalue weighted by Crippen LogP contribution is -2.10. The zero-order valence-electron chi connectivity index (χ0n) is 9.94. The first-order valence-corrected chi connectivity index (χ1v) is 6.30. The first-order valence-electron chi connectivity index (χ1n) is 5.51.